The van der Waals surface area contributed by atoms with Gasteiger partial charge in [-0.15, -0.1) is 0 Å². The van der Waals surface area contributed by atoms with Crippen molar-refractivity contribution in [3.8, 4) is 0 Å². The van der Waals surface area contributed by atoms with Crippen LogP contribution < -0.4 is 10.6 Å². The Morgan fingerprint density at radius 1 is 1.45 bits per heavy atom. The van der Waals surface area contributed by atoms with Crippen molar-refractivity contribution in [2.75, 3.05) is 17.7 Å². The maximum atomic E-state index is 12.4. The minimum Gasteiger partial charge on any atom is -0.392 e. The molecule has 0 fully saturated rings. The molecular formula is C14H16N4O2. The zero-order valence-corrected chi connectivity index (χ0v) is 11.4. The summed E-state index contributed by atoms with van der Waals surface area (Å²) in [7, 11) is 1.64. The number of hydrogen-bond acceptors (Lipinski definition) is 5. The fourth-order valence-corrected chi connectivity index (χ4v) is 1.81. The first kappa shape index (κ1) is 14.0. The van der Waals surface area contributed by atoms with Crippen LogP contribution in [0.25, 0.3) is 0 Å². The van der Waals surface area contributed by atoms with Crippen LogP contribution in [0.3, 0.4) is 0 Å². The first-order valence-electron chi connectivity index (χ1n) is 6.10. The zero-order chi connectivity index (χ0) is 14.7. The number of aliphatic hydroxyl groups excluding tert-OH is 1. The molecule has 2 rings (SSSR count). The maximum Gasteiger partial charge on any atom is 0.263 e. The first-order valence-corrected chi connectivity index (χ1v) is 6.10. The molecule has 1 heterocycles. The van der Waals surface area contributed by atoms with E-state index < -0.39 is 0 Å². The Kier molecular flexibility index (Phi) is 3.95. The number of aromatic nitrogens is 2. The number of benzene rings is 1. The number of hydrogen-bond donors (Lipinski definition) is 2. The minimum absolute atomic E-state index is 0.0777. The molecule has 0 spiro atoms. The molecule has 6 nitrogen and oxygen atoms in total. The fourth-order valence-electron chi connectivity index (χ4n) is 1.81. The molecule has 1 amide bonds. The van der Waals surface area contributed by atoms with Crippen molar-refractivity contribution in [2.24, 2.45) is 0 Å². The third kappa shape index (κ3) is 2.75. The molecule has 104 valence electrons. The van der Waals surface area contributed by atoms with E-state index in [1.165, 1.54) is 11.1 Å². The summed E-state index contributed by atoms with van der Waals surface area (Å²) in [6.45, 7) is 1.63. The molecule has 0 saturated heterocycles. The van der Waals surface area contributed by atoms with Gasteiger partial charge in [0.15, 0.2) is 0 Å². The Morgan fingerprint density at radius 2 is 2.20 bits per heavy atom. The van der Waals surface area contributed by atoms with Crippen LogP contribution in [0.5, 0.6) is 0 Å². The molecule has 0 saturated carbocycles. The Hall–Kier alpha value is -2.47. The number of aryl methyl sites for hydroxylation is 1. The lowest BCUT2D eigenvalue weighted by molar-refractivity contribution is 0.0993. The van der Waals surface area contributed by atoms with Gasteiger partial charge in [0.2, 0.25) is 0 Å². The van der Waals surface area contributed by atoms with Gasteiger partial charge >= 0.3 is 0 Å². The van der Waals surface area contributed by atoms with Crippen molar-refractivity contribution < 1.29 is 9.90 Å². The lowest BCUT2D eigenvalue weighted by Crippen LogP contribution is -2.27. The van der Waals surface area contributed by atoms with Gasteiger partial charge in [0, 0.05) is 18.9 Å². The third-order valence-corrected chi connectivity index (χ3v) is 2.95. The lowest BCUT2D eigenvalue weighted by Gasteiger charge is -2.18. The minimum atomic E-state index is -0.294. The average molecular weight is 272 g/mol. The highest BCUT2D eigenvalue weighted by Gasteiger charge is 2.17. The molecule has 3 N–H and O–H groups in total. The molecule has 0 unspecified atom stereocenters. The van der Waals surface area contributed by atoms with E-state index in [0.717, 1.165) is 5.56 Å². The van der Waals surface area contributed by atoms with Crippen LogP contribution in [0.4, 0.5) is 11.5 Å². The van der Waals surface area contributed by atoms with Crippen LogP contribution in [-0.4, -0.2) is 28.0 Å². The van der Waals surface area contributed by atoms with Crippen LogP contribution in [0.1, 0.15) is 21.7 Å². The number of nitrogen functional groups attached to an aromatic ring is 1. The second-order valence-corrected chi connectivity index (χ2v) is 4.41. The number of rotatable bonds is 3. The van der Waals surface area contributed by atoms with Crippen LogP contribution in [0.15, 0.2) is 30.5 Å². The standard InChI is InChI=1S/C14H16N4O2/c1-9-16-7-12(13(15)17-9)14(20)18(2)11-5-3-4-10(6-11)8-19/h3-7,19H,8H2,1-2H3,(H2,15,16,17). The van der Waals surface area contributed by atoms with Gasteiger partial charge in [0.25, 0.3) is 5.91 Å². The molecule has 0 aliphatic carbocycles. The van der Waals surface area contributed by atoms with E-state index in [1.807, 2.05) is 0 Å². The third-order valence-electron chi connectivity index (χ3n) is 2.95. The number of aliphatic hydroxyl groups is 1. The summed E-state index contributed by atoms with van der Waals surface area (Å²) >= 11 is 0. The van der Waals surface area contributed by atoms with E-state index in [4.69, 9.17) is 10.8 Å². The van der Waals surface area contributed by atoms with Crippen LogP contribution >= 0.6 is 0 Å². The summed E-state index contributed by atoms with van der Waals surface area (Å²) < 4.78 is 0. The fraction of sp³-hybridized carbons (Fsp3) is 0.214. The number of carbonyl (C=O) groups is 1. The molecule has 1 aromatic heterocycles. The molecule has 0 aliphatic rings. The Labute approximate surface area is 116 Å². The topological polar surface area (TPSA) is 92.3 Å². The SMILES string of the molecule is Cc1ncc(C(=O)N(C)c2cccc(CO)c2)c(N)n1. The van der Waals surface area contributed by atoms with Crippen LogP contribution in [0.2, 0.25) is 0 Å². The van der Waals surface area contributed by atoms with Gasteiger partial charge in [0.05, 0.1) is 6.61 Å². The van der Waals surface area contributed by atoms with Crippen LogP contribution in [0, 0.1) is 6.92 Å². The predicted octanol–water partition coefficient (Wildman–Crippen LogP) is 1.14. The number of anilines is 2. The average Bonchev–Trinajstić information content (AvgIpc) is 2.46. The lowest BCUT2D eigenvalue weighted by atomic mass is 10.2. The summed E-state index contributed by atoms with van der Waals surface area (Å²) in [6.07, 6.45) is 1.42. The van der Waals surface area contributed by atoms with E-state index in [2.05, 4.69) is 9.97 Å². The number of nitrogens with zero attached hydrogens (tertiary/aromatic N) is 3. The van der Waals surface area contributed by atoms with Gasteiger partial charge in [0.1, 0.15) is 17.2 Å². The smallest absolute Gasteiger partial charge is 0.263 e. The normalized spacial score (nSPS) is 10.3. The summed E-state index contributed by atoms with van der Waals surface area (Å²) in [6, 6.07) is 7.08. The van der Waals surface area contributed by atoms with Gasteiger partial charge in [-0.3, -0.25) is 4.79 Å². The van der Waals surface area contributed by atoms with Crippen molar-refractivity contribution in [2.45, 2.75) is 13.5 Å². The molecular weight excluding hydrogens is 256 g/mol. The number of carbonyl (C=O) groups excluding carboxylic acids is 1. The van der Waals surface area contributed by atoms with E-state index in [0.29, 0.717) is 11.5 Å². The van der Waals surface area contributed by atoms with Crippen molar-refractivity contribution >= 4 is 17.4 Å². The largest absolute Gasteiger partial charge is 0.392 e. The maximum absolute atomic E-state index is 12.4. The Morgan fingerprint density at radius 3 is 2.85 bits per heavy atom. The Balaban J connectivity index is 2.32. The molecule has 2 aromatic rings. The van der Waals surface area contributed by atoms with Gasteiger partial charge in [-0.05, 0) is 24.6 Å². The molecule has 6 heteroatoms. The van der Waals surface area contributed by atoms with Gasteiger partial charge in [-0.2, -0.15) is 0 Å². The molecule has 0 aliphatic heterocycles. The summed E-state index contributed by atoms with van der Waals surface area (Å²) in [4.78, 5) is 21.8. The van der Waals surface area contributed by atoms with Crippen molar-refractivity contribution in [3.05, 3.63) is 47.4 Å². The second kappa shape index (κ2) is 5.66. The summed E-state index contributed by atoms with van der Waals surface area (Å²) in [5, 5.41) is 9.13. The van der Waals surface area contributed by atoms with Gasteiger partial charge in [-0.25, -0.2) is 9.97 Å². The number of nitrogens with two attached hydrogens (primary N) is 1. The highest BCUT2D eigenvalue weighted by Crippen LogP contribution is 2.19. The van der Waals surface area contributed by atoms with E-state index >= 15 is 0 Å². The van der Waals surface area contributed by atoms with Gasteiger partial charge in [-0.1, -0.05) is 12.1 Å². The molecule has 0 radical (unpaired) electrons. The van der Waals surface area contributed by atoms with E-state index in [-0.39, 0.29) is 23.9 Å². The molecule has 0 atom stereocenters. The summed E-state index contributed by atoms with van der Waals surface area (Å²) in [5.74, 6) is 0.384. The van der Waals surface area contributed by atoms with Crippen molar-refractivity contribution in [3.63, 3.8) is 0 Å². The molecule has 20 heavy (non-hydrogen) atoms. The quantitative estimate of drug-likeness (QED) is 0.874. The highest BCUT2D eigenvalue weighted by molar-refractivity contribution is 6.08. The predicted molar refractivity (Wildman–Crippen MR) is 76.3 cm³/mol. The zero-order valence-electron chi connectivity index (χ0n) is 11.4. The Bertz CT molecular complexity index is 643. The number of amides is 1. The first-order chi connectivity index (χ1) is 9.52. The van der Waals surface area contributed by atoms with Crippen LogP contribution in [-0.2, 0) is 6.61 Å². The van der Waals surface area contributed by atoms with E-state index in [9.17, 15) is 4.79 Å². The molecule has 1 aromatic carbocycles. The second-order valence-electron chi connectivity index (χ2n) is 4.41. The highest BCUT2D eigenvalue weighted by atomic mass is 16.3. The van der Waals surface area contributed by atoms with Crippen molar-refractivity contribution in [1.82, 2.24) is 9.97 Å². The molecule has 0 bridgehead atoms. The van der Waals surface area contributed by atoms with Gasteiger partial charge < -0.3 is 15.7 Å². The van der Waals surface area contributed by atoms with Crippen molar-refractivity contribution in [1.29, 1.82) is 0 Å². The monoisotopic (exact) mass is 272 g/mol. The summed E-state index contributed by atoms with van der Waals surface area (Å²) in [5.41, 5.74) is 7.41. The van der Waals surface area contributed by atoms with E-state index in [1.54, 1.807) is 38.2 Å².